The highest BCUT2D eigenvalue weighted by molar-refractivity contribution is 7.09. The number of aliphatic hydroxyl groups is 1. The van der Waals surface area contributed by atoms with Gasteiger partial charge < -0.3 is 5.11 Å². The molecule has 90 valence electrons. The van der Waals surface area contributed by atoms with Crippen molar-refractivity contribution < 1.29 is 5.11 Å². The van der Waals surface area contributed by atoms with Crippen molar-refractivity contribution in [3.8, 4) is 0 Å². The number of hydrogen-bond acceptors (Lipinski definition) is 4. The van der Waals surface area contributed by atoms with Crippen LogP contribution in [0.25, 0.3) is 10.8 Å². The second kappa shape index (κ2) is 4.48. The summed E-state index contributed by atoms with van der Waals surface area (Å²) in [7, 11) is 0. The van der Waals surface area contributed by atoms with E-state index in [0.717, 1.165) is 26.9 Å². The van der Waals surface area contributed by atoms with Gasteiger partial charge in [-0.15, -0.1) is 11.3 Å². The Morgan fingerprint density at radius 3 is 2.94 bits per heavy atom. The molecule has 0 saturated carbocycles. The van der Waals surface area contributed by atoms with Gasteiger partial charge in [0.05, 0.1) is 16.1 Å². The van der Waals surface area contributed by atoms with E-state index >= 15 is 0 Å². The van der Waals surface area contributed by atoms with Crippen LogP contribution in [0.5, 0.6) is 0 Å². The van der Waals surface area contributed by atoms with Crippen LogP contribution in [0.1, 0.15) is 22.2 Å². The third-order valence-corrected chi connectivity index (χ3v) is 4.03. The van der Waals surface area contributed by atoms with Crippen LogP contribution in [0.4, 0.5) is 0 Å². The summed E-state index contributed by atoms with van der Waals surface area (Å²) in [6.45, 7) is 1.92. The second-order valence-electron chi connectivity index (χ2n) is 4.15. The van der Waals surface area contributed by atoms with Crippen molar-refractivity contribution in [2.75, 3.05) is 0 Å². The average molecular weight is 256 g/mol. The van der Waals surface area contributed by atoms with Crippen LogP contribution < -0.4 is 0 Å². The molecular formula is C14H12N2OS. The topological polar surface area (TPSA) is 46.0 Å². The number of aromatic nitrogens is 2. The first-order chi connectivity index (χ1) is 8.77. The Hall–Kier alpha value is -1.78. The summed E-state index contributed by atoms with van der Waals surface area (Å²) in [6.07, 6.45) is 2.92. The summed E-state index contributed by atoms with van der Waals surface area (Å²) in [5.41, 5.74) is 3.53. The smallest absolute Gasteiger partial charge is 0.116 e. The van der Waals surface area contributed by atoms with Crippen LogP contribution in [-0.4, -0.2) is 15.1 Å². The van der Waals surface area contributed by atoms with Crippen molar-refractivity contribution in [1.29, 1.82) is 0 Å². The Kier molecular flexibility index (Phi) is 2.81. The van der Waals surface area contributed by atoms with Gasteiger partial charge in [0.25, 0.3) is 0 Å². The summed E-state index contributed by atoms with van der Waals surface area (Å²) in [5, 5.41) is 12.6. The fourth-order valence-corrected chi connectivity index (χ4v) is 2.89. The highest BCUT2D eigenvalue weighted by atomic mass is 32.1. The fraction of sp³-hybridized carbons (Fsp3) is 0.143. The number of hydrogen-bond donors (Lipinski definition) is 1. The largest absolute Gasteiger partial charge is 0.383 e. The lowest BCUT2D eigenvalue weighted by atomic mass is 10.0. The third-order valence-electron chi connectivity index (χ3n) is 3.04. The minimum Gasteiger partial charge on any atom is -0.383 e. The Balaban J connectivity index is 2.18. The molecule has 1 N–H and O–H groups in total. The molecule has 18 heavy (non-hydrogen) atoms. The zero-order valence-electron chi connectivity index (χ0n) is 9.87. The van der Waals surface area contributed by atoms with Crippen molar-refractivity contribution in [2.45, 2.75) is 13.0 Å². The zero-order chi connectivity index (χ0) is 12.5. The molecule has 0 radical (unpaired) electrons. The predicted molar refractivity (Wildman–Crippen MR) is 72.7 cm³/mol. The molecule has 0 fully saturated rings. The standard InChI is InChI=1S/C14H12N2OS/c1-9-14(18-8-16-9)13(17)11-4-2-3-10-5-6-15-7-12(10)11/h2-8,13,17H,1H3. The van der Waals surface area contributed by atoms with Crippen LogP contribution in [0.3, 0.4) is 0 Å². The minimum atomic E-state index is -0.634. The van der Waals surface area contributed by atoms with Gasteiger partial charge in [0.2, 0.25) is 0 Å². The molecule has 0 saturated heterocycles. The molecule has 0 spiro atoms. The molecule has 0 aliphatic heterocycles. The number of nitrogens with zero attached hydrogens (tertiary/aromatic N) is 2. The quantitative estimate of drug-likeness (QED) is 0.766. The first-order valence-electron chi connectivity index (χ1n) is 5.68. The molecule has 2 aromatic heterocycles. The van der Waals surface area contributed by atoms with Crippen molar-refractivity contribution in [3.05, 3.63) is 58.3 Å². The van der Waals surface area contributed by atoms with Gasteiger partial charge in [0, 0.05) is 17.8 Å². The van der Waals surface area contributed by atoms with Crippen LogP contribution in [0.2, 0.25) is 0 Å². The minimum absolute atomic E-state index is 0.634. The van der Waals surface area contributed by atoms with Crippen LogP contribution in [0.15, 0.2) is 42.2 Å². The predicted octanol–water partition coefficient (Wildman–Crippen LogP) is 3.08. The molecule has 2 heterocycles. The number of rotatable bonds is 2. The van der Waals surface area contributed by atoms with Crippen LogP contribution >= 0.6 is 11.3 Å². The lowest BCUT2D eigenvalue weighted by Gasteiger charge is -2.12. The molecule has 4 heteroatoms. The van der Waals surface area contributed by atoms with Gasteiger partial charge in [0.1, 0.15) is 6.10 Å². The number of aliphatic hydroxyl groups excluding tert-OH is 1. The number of aryl methyl sites for hydroxylation is 1. The van der Waals surface area contributed by atoms with E-state index in [1.54, 1.807) is 17.9 Å². The van der Waals surface area contributed by atoms with Gasteiger partial charge in [-0.05, 0) is 23.9 Å². The summed E-state index contributed by atoms with van der Waals surface area (Å²) in [6, 6.07) is 7.86. The van der Waals surface area contributed by atoms with Crippen LogP contribution in [-0.2, 0) is 0 Å². The molecule has 3 aromatic rings. The van der Waals surface area contributed by atoms with E-state index < -0.39 is 6.10 Å². The summed E-state index contributed by atoms with van der Waals surface area (Å²) in [5.74, 6) is 0. The molecule has 0 bridgehead atoms. The molecule has 1 atom stereocenters. The lowest BCUT2D eigenvalue weighted by molar-refractivity contribution is 0.224. The summed E-state index contributed by atoms with van der Waals surface area (Å²) in [4.78, 5) is 9.22. The number of fused-ring (bicyclic) bond motifs is 1. The monoisotopic (exact) mass is 256 g/mol. The van der Waals surface area contributed by atoms with Gasteiger partial charge in [-0.3, -0.25) is 4.98 Å². The maximum absolute atomic E-state index is 10.5. The first kappa shape index (κ1) is 11.3. The molecule has 0 aliphatic rings. The van der Waals surface area contributed by atoms with E-state index in [4.69, 9.17) is 0 Å². The lowest BCUT2D eigenvalue weighted by Crippen LogP contribution is -2.00. The van der Waals surface area contributed by atoms with Gasteiger partial charge in [-0.2, -0.15) is 0 Å². The van der Waals surface area contributed by atoms with Gasteiger partial charge in [0.15, 0.2) is 0 Å². The van der Waals surface area contributed by atoms with E-state index in [2.05, 4.69) is 9.97 Å². The number of thiazole rings is 1. The highest BCUT2D eigenvalue weighted by Gasteiger charge is 2.17. The molecule has 3 rings (SSSR count). The summed E-state index contributed by atoms with van der Waals surface area (Å²) >= 11 is 1.48. The highest BCUT2D eigenvalue weighted by Crippen LogP contribution is 2.31. The van der Waals surface area contributed by atoms with E-state index in [9.17, 15) is 5.11 Å². The van der Waals surface area contributed by atoms with E-state index in [1.807, 2.05) is 31.2 Å². The number of pyridine rings is 1. The third kappa shape index (κ3) is 1.79. The molecule has 0 aliphatic carbocycles. The SMILES string of the molecule is Cc1ncsc1C(O)c1cccc2ccncc12. The van der Waals surface area contributed by atoms with E-state index in [0.29, 0.717) is 0 Å². The van der Waals surface area contributed by atoms with Crippen molar-refractivity contribution >= 4 is 22.1 Å². The van der Waals surface area contributed by atoms with Crippen LogP contribution in [0, 0.1) is 6.92 Å². The molecule has 0 amide bonds. The van der Waals surface area contributed by atoms with Crippen molar-refractivity contribution in [2.24, 2.45) is 0 Å². The first-order valence-corrected chi connectivity index (χ1v) is 6.56. The fourth-order valence-electron chi connectivity index (χ4n) is 2.09. The normalized spacial score (nSPS) is 12.8. The van der Waals surface area contributed by atoms with Gasteiger partial charge >= 0.3 is 0 Å². The molecule has 1 unspecified atom stereocenters. The summed E-state index contributed by atoms with van der Waals surface area (Å²) < 4.78 is 0. The maximum Gasteiger partial charge on any atom is 0.116 e. The Labute approximate surface area is 109 Å². The average Bonchev–Trinajstić information content (AvgIpc) is 2.83. The Bertz CT molecular complexity index is 688. The zero-order valence-corrected chi connectivity index (χ0v) is 10.7. The molecule has 3 nitrogen and oxygen atoms in total. The molecular weight excluding hydrogens is 244 g/mol. The van der Waals surface area contributed by atoms with Crippen molar-refractivity contribution in [3.63, 3.8) is 0 Å². The van der Waals surface area contributed by atoms with Gasteiger partial charge in [-0.25, -0.2) is 4.98 Å². The maximum atomic E-state index is 10.5. The Morgan fingerprint density at radius 2 is 2.17 bits per heavy atom. The Morgan fingerprint density at radius 1 is 1.28 bits per heavy atom. The number of benzene rings is 1. The second-order valence-corrected chi connectivity index (χ2v) is 5.03. The van der Waals surface area contributed by atoms with E-state index in [1.165, 1.54) is 11.3 Å². The molecule has 1 aromatic carbocycles. The van der Waals surface area contributed by atoms with Gasteiger partial charge in [-0.1, -0.05) is 18.2 Å². The van der Waals surface area contributed by atoms with E-state index in [-0.39, 0.29) is 0 Å². The van der Waals surface area contributed by atoms with Crippen molar-refractivity contribution in [1.82, 2.24) is 9.97 Å².